The second kappa shape index (κ2) is 5.95. The van der Waals surface area contributed by atoms with Crippen molar-refractivity contribution in [3.05, 3.63) is 29.3 Å². The third kappa shape index (κ3) is 2.80. The Bertz CT molecular complexity index is 504. The molecule has 3 atom stereocenters. The lowest BCUT2D eigenvalue weighted by Crippen LogP contribution is -2.45. The van der Waals surface area contributed by atoms with Crippen molar-refractivity contribution in [1.82, 2.24) is 9.80 Å². The van der Waals surface area contributed by atoms with Gasteiger partial charge in [-0.2, -0.15) is 0 Å². The zero-order valence-electron chi connectivity index (χ0n) is 13.2. The number of likely N-dealkylation sites (N-methyl/N-ethyl adjacent to an activating group) is 1. The Balaban J connectivity index is 1.79. The van der Waals surface area contributed by atoms with E-state index in [0.29, 0.717) is 6.04 Å². The number of aliphatic hydroxyl groups excluding tert-OH is 1. The fourth-order valence-electron chi connectivity index (χ4n) is 3.92. The van der Waals surface area contributed by atoms with Gasteiger partial charge in [-0.05, 0) is 63.2 Å². The van der Waals surface area contributed by atoms with Gasteiger partial charge in [0.2, 0.25) is 0 Å². The Labute approximate surface area is 127 Å². The molecule has 1 aliphatic carbocycles. The Morgan fingerprint density at radius 2 is 2.19 bits per heavy atom. The van der Waals surface area contributed by atoms with Gasteiger partial charge in [0, 0.05) is 18.6 Å². The zero-order valence-corrected chi connectivity index (χ0v) is 13.2. The smallest absolute Gasteiger partial charge is 0.119 e. The molecule has 1 N–H and O–H groups in total. The summed E-state index contributed by atoms with van der Waals surface area (Å²) in [6.45, 7) is 2.17. The molecule has 0 saturated carbocycles. The Morgan fingerprint density at radius 1 is 1.38 bits per heavy atom. The van der Waals surface area contributed by atoms with E-state index in [-0.39, 0.29) is 6.04 Å². The molecule has 1 aliphatic heterocycles. The fourth-order valence-corrected chi connectivity index (χ4v) is 3.92. The highest BCUT2D eigenvalue weighted by Gasteiger charge is 2.40. The van der Waals surface area contributed by atoms with Crippen LogP contribution >= 0.6 is 0 Å². The molecule has 0 bridgehead atoms. The largest absolute Gasteiger partial charge is 0.497 e. The van der Waals surface area contributed by atoms with Crippen molar-refractivity contribution in [2.45, 2.75) is 37.5 Å². The summed E-state index contributed by atoms with van der Waals surface area (Å²) in [5.41, 5.74) is 2.32. The molecule has 0 aromatic heterocycles. The number of aliphatic hydroxyl groups is 1. The first kappa shape index (κ1) is 14.8. The van der Waals surface area contributed by atoms with Gasteiger partial charge < -0.3 is 14.7 Å². The first-order valence-corrected chi connectivity index (χ1v) is 7.85. The molecule has 2 aliphatic rings. The standard InChI is InChI=1S/C17H26N2O2/c1-18(2)11-13-5-4-8-19(13)16-9-12-6-7-14(21-3)10-15(12)17(16)20/h6-7,10,13,16-17,20H,4-5,8-9,11H2,1-3H3. The summed E-state index contributed by atoms with van der Waals surface area (Å²) >= 11 is 0. The SMILES string of the molecule is COc1ccc2c(c1)C(O)C(N1CCCC1CN(C)C)C2. The van der Waals surface area contributed by atoms with Crippen LogP contribution < -0.4 is 4.74 Å². The number of fused-ring (bicyclic) bond motifs is 1. The Morgan fingerprint density at radius 3 is 2.90 bits per heavy atom. The van der Waals surface area contributed by atoms with Crippen LogP contribution in [-0.4, -0.2) is 61.3 Å². The van der Waals surface area contributed by atoms with Gasteiger partial charge in [0.05, 0.1) is 13.2 Å². The molecule has 3 unspecified atom stereocenters. The van der Waals surface area contributed by atoms with Gasteiger partial charge in [-0.15, -0.1) is 0 Å². The Hall–Kier alpha value is -1.10. The molecule has 1 fully saturated rings. The third-order valence-corrected chi connectivity index (χ3v) is 4.89. The first-order chi connectivity index (χ1) is 10.1. The normalized spacial score (nSPS) is 29.1. The van der Waals surface area contributed by atoms with Gasteiger partial charge in [-0.25, -0.2) is 0 Å². The van der Waals surface area contributed by atoms with E-state index in [2.05, 4.69) is 30.0 Å². The average molecular weight is 290 g/mol. The molecule has 1 heterocycles. The van der Waals surface area contributed by atoms with Gasteiger partial charge in [0.25, 0.3) is 0 Å². The number of likely N-dealkylation sites (tertiary alicyclic amines) is 1. The Kier molecular flexibility index (Phi) is 4.20. The van der Waals surface area contributed by atoms with E-state index in [1.54, 1.807) is 7.11 Å². The summed E-state index contributed by atoms with van der Waals surface area (Å²) in [4.78, 5) is 4.78. The molecule has 1 saturated heterocycles. The monoisotopic (exact) mass is 290 g/mol. The molecule has 0 amide bonds. The van der Waals surface area contributed by atoms with Crippen LogP contribution in [-0.2, 0) is 6.42 Å². The molecule has 0 spiro atoms. The van der Waals surface area contributed by atoms with Crippen molar-refractivity contribution in [2.75, 3.05) is 34.3 Å². The van der Waals surface area contributed by atoms with E-state index in [1.807, 2.05) is 12.1 Å². The van der Waals surface area contributed by atoms with Crippen LogP contribution in [0.15, 0.2) is 18.2 Å². The van der Waals surface area contributed by atoms with E-state index in [9.17, 15) is 5.11 Å². The maximum Gasteiger partial charge on any atom is 0.119 e. The quantitative estimate of drug-likeness (QED) is 0.915. The minimum Gasteiger partial charge on any atom is -0.497 e. The minimum atomic E-state index is -0.391. The summed E-state index contributed by atoms with van der Waals surface area (Å²) in [6.07, 6.45) is 3.03. The minimum absolute atomic E-state index is 0.222. The van der Waals surface area contributed by atoms with Crippen molar-refractivity contribution >= 4 is 0 Å². The summed E-state index contributed by atoms with van der Waals surface area (Å²) in [6, 6.07) is 6.89. The van der Waals surface area contributed by atoms with E-state index < -0.39 is 6.10 Å². The van der Waals surface area contributed by atoms with Crippen molar-refractivity contribution < 1.29 is 9.84 Å². The lowest BCUT2D eigenvalue weighted by molar-refractivity contribution is 0.0467. The predicted molar refractivity (Wildman–Crippen MR) is 83.7 cm³/mol. The molecule has 4 heteroatoms. The second-order valence-corrected chi connectivity index (χ2v) is 6.58. The second-order valence-electron chi connectivity index (χ2n) is 6.58. The van der Waals surface area contributed by atoms with Crippen molar-refractivity contribution in [1.29, 1.82) is 0 Å². The van der Waals surface area contributed by atoms with Crippen molar-refractivity contribution in [3.8, 4) is 5.75 Å². The molecular weight excluding hydrogens is 264 g/mol. The third-order valence-electron chi connectivity index (χ3n) is 4.89. The highest BCUT2D eigenvalue weighted by atomic mass is 16.5. The number of ether oxygens (including phenoxy) is 1. The van der Waals surface area contributed by atoms with E-state index in [4.69, 9.17) is 4.74 Å². The highest BCUT2D eigenvalue weighted by Crippen LogP contribution is 2.39. The van der Waals surface area contributed by atoms with E-state index >= 15 is 0 Å². The summed E-state index contributed by atoms with van der Waals surface area (Å²) in [5.74, 6) is 0.833. The summed E-state index contributed by atoms with van der Waals surface area (Å²) < 4.78 is 5.29. The van der Waals surface area contributed by atoms with Crippen LogP contribution in [0.5, 0.6) is 5.75 Å². The van der Waals surface area contributed by atoms with Gasteiger partial charge in [-0.3, -0.25) is 4.90 Å². The summed E-state index contributed by atoms with van der Waals surface area (Å²) in [5, 5.41) is 10.8. The lowest BCUT2D eigenvalue weighted by atomic mass is 10.1. The maximum atomic E-state index is 10.8. The lowest BCUT2D eigenvalue weighted by Gasteiger charge is -2.34. The highest BCUT2D eigenvalue weighted by molar-refractivity contribution is 5.42. The molecule has 4 nitrogen and oxygen atoms in total. The van der Waals surface area contributed by atoms with Crippen LogP contribution in [0.2, 0.25) is 0 Å². The van der Waals surface area contributed by atoms with Crippen LogP contribution in [0.3, 0.4) is 0 Å². The molecule has 21 heavy (non-hydrogen) atoms. The molecule has 1 aromatic rings. The molecule has 116 valence electrons. The van der Waals surface area contributed by atoms with Crippen LogP contribution in [0, 0.1) is 0 Å². The number of benzene rings is 1. The van der Waals surface area contributed by atoms with Crippen molar-refractivity contribution in [3.63, 3.8) is 0 Å². The van der Waals surface area contributed by atoms with Gasteiger partial charge in [0.15, 0.2) is 0 Å². The predicted octanol–water partition coefficient (Wildman–Crippen LogP) is 1.68. The molecule has 1 aromatic carbocycles. The number of methoxy groups -OCH3 is 1. The van der Waals surface area contributed by atoms with E-state index in [0.717, 1.165) is 30.8 Å². The summed E-state index contributed by atoms with van der Waals surface area (Å²) in [7, 11) is 5.93. The van der Waals surface area contributed by atoms with Crippen molar-refractivity contribution in [2.24, 2.45) is 0 Å². The average Bonchev–Trinajstić information content (AvgIpc) is 3.03. The first-order valence-electron chi connectivity index (χ1n) is 7.85. The topological polar surface area (TPSA) is 35.9 Å². The van der Waals surface area contributed by atoms with E-state index in [1.165, 1.54) is 18.4 Å². The zero-order chi connectivity index (χ0) is 15.0. The maximum absolute atomic E-state index is 10.8. The van der Waals surface area contributed by atoms with Crippen LogP contribution in [0.4, 0.5) is 0 Å². The number of hydrogen-bond donors (Lipinski definition) is 1. The molecule has 3 rings (SSSR count). The number of hydrogen-bond acceptors (Lipinski definition) is 4. The number of nitrogens with zero attached hydrogens (tertiary/aromatic N) is 2. The molecule has 0 radical (unpaired) electrons. The van der Waals surface area contributed by atoms with Gasteiger partial charge in [0.1, 0.15) is 5.75 Å². The molecular formula is C17H26N2O2. The van der Waals surface area contributed by atoms with Gasteiger partial charge >= 0.3 is 0 Å². The fraction of sp³-hybridized carbons (Fsp3) is 0.647. The van der Waals surface area contributed by atoms with Gasteiger partial charge in [-0.1, -0.05) is 6.07 Å². The van der Waals surface area contributed by atoms with Crippen LogP contribution in [0.1, 0.15) is 30.1 Å². The number of rotatable bonds is 4. The van der Waals surface area contributed by atoms with Crippen LogP contribution in [0.25, 0.3) is 0 Å².